The molecule has 0 aliphatic carbocycles. The third-order valence-corrected chi connectivity index (χ3v) is 4.55. The Morgan fingerprint density at radius 1 is 1.23 bits per heavy atom. The molecule has 8 nitrogen and oxygen atoms in total. The molecule has 1 saturated heterocycles. The van der Waals surface area contributed by atoms with Crippen LogP contribution < -0.4 is 5.32 Å². The maximum atomic E-state index is 4.72. The average Bonchev–Trinajstić information content (AvgIpc) is 3.16. The number of nitrogens with one attached hydrogen (secondary N) is 2. The summed E-state index contributed by atoms with van der Waals surface area (Å²) in [6.45, 7) is 3.82. The van der Waals surface area contributed by atoms with Crippen LogP contribution in [-0.2, 0) is 6.54 Å². The predicted octanol–water partition coefficient (Wildman–Crippen LogP) is 2.77. The minimum absolute atomic E-state index is 0.269. The van der Waals surface area contributed by atoms with Gasteiger partial charge in [-0.05, 0) is 32.4 Å². The molecule has 0 unspecified atom stereocenters. The number of rotatable bonds is 5. The molecule has 3 aromatic rings. The molecule has 1 atom stereocenters. The van der Waals surface area contributed by atoms with E-state index in [1.165, 1.54) is 12.8 Å². The number of anilines is 2. The Morgan fingerprint density at radius 2 is 2.12 bits per heavy atom. The first-order chi connectivity index (χ1) is 12.8. The molecule has 1 aliphatic rings. The minimum Gasteiger partial charge on any atom is -0.347 e. The van der Waals surface area contributed by atoms with E-state index in [2.05, 4.69) is 35.1 Å². The van der Waals surface area contributed by atoms with Gasteiger partial charge < -0.3 is 10.3 Å². The highest BCUT2D eigenvalue weighted by Crippen LogP contribution is 2.32. The number of hydrogen-bond acceptors (Lipinski definition) is 7. The van der Waals surface area contributed by atoms with E-state index in [1.54, 1.807) is 24.8 Å². The van der Waals surface area contributed by atoms with Gasteiger partial charge in [0.1, 0.15) is 11.6 Å². The summed E-state index contributed by atoms with van der Waals surface area (Å²) in [4.78, 5) is 27.4. The first-order valence-electron chi connectivity index (χ1n) is 8.89. The second kappa shape index (κ2) is 7.57. The SMILES string of the molecule is Cc1nc(Nc2ncccn2)cc([C@@H]2CCCCN2Cc2cnc[nH]2)n1. The molecule has 0 aromatic carbocycles. The molecule has 2 N–H and O–H groups in total. The lowest BCUT2D eigenvalue weighted by Gasteiger charge is -2.35. The molecule has 0 amide bonds. The molecule has 4 heterocycles. The smallest absolute Gasteiger partial charge is 0.228 e. The summed E-state index contributed by atoms with van der Waals surface area (Å²) >= 11 is 0. The van der Waals surface area contributed by atoms with Crippen LogP contribution in [0.15, 0.2) is 37.1 Å². The zero-order chi connectivity index (χ0) is 17.8. The van der Waals surface area contributed by atoms with Crippen molar-refractivity contribution in [3.8, 4) is 0 Å². The van der Waals surface area contributed by atoms with Gasteiger partial charge in [0, 0.05) is 36.9 Å². The summed E-state index contributed by atoms with van der Waals surface area (Å²) in [5.74, 6) is 2.01. The van der Waals surface area contributed by atoms with Crippen LogP contribution in [0.4, 0.5) is 11.8 Å². The monoisotopic (exact) mass is 350 g/mol. The van der Waals surface area contributed by atoms with E-state index in [1.807, 2.05) is 19.2 Å². The third-order valence-electron chi connectivity index (χ3n) is 4.55. The zero-order valence-corrected chi connectivity index (χ0v) is 14.8. The van der Waals surface area contributed by atoms with E-state index >= 15 is 0 Å². The van der Waals surface area contributed by atoms with Crippen molar-refractivity contribution in [2.75, 3.05) is 11.9 Å². The van der Waals surface area contributed by atoms with Crippen molar-refractivity contribution in [1.29, 1.82) is 0 Å². The van der Waals surface area contributed by atoms with E-state index in [0.29, 0.717) is 5.95 Å². The number of aromatic amines is 1. The third kappa shape index (κ3) is 3.85. The second-order valence-corrected chi connectivity index (χ2v) is 6.48. The van der Waals surface area contributed by atoms with Gasteiger partial charge in [-0.2, -0.15) is 0 Å². The van der Waals surface area contributed by atoms with E-state index in [4.69, 9.17) is 4.98 Å². The fourth-order valence-corrected chi connectivity index (χ4v) is 3.41. The van der Waals surface area contributed by atoms with Gasteiger partial charge in [-0.15, -0.1) is 0 Å². The lowest BCUT2D eigenvalue weighted by Crippen LogP contribution is -2.33. The molecule has 0 bridgehead atoms. The number of piperidine rings is 1. The number of hydrogen-bond donors (Lipinski definition) is 2. The quantitative estimate of drug-likeness (QED) is 0.730. The lowest BCUT2D eigenvalue weighted by atomic mass is 9.98. The number of aryl methyl sites for hydroxylation is 1. The minimum atomic E-state index is 0.269. The maximum absolute atomic E-state index is 4.72. The number of imidazole rings is 1. The highest BCUT2D eigenvalue weighted by molar-refractivity contribution is 5.48. The van der Waals surface area contributed by atoms with Crippen LogP contribution in [0.2, 0.25) is 0 Å². The van der Waals surface area contributed by atoms with Crippen molar-refractivity contribution in [2.45, 2.75) is 38.8 Å². The van der Waals surface area contributed by atoms with Crippen LogP contribution >= 0.6 is 0 Å². The molecule has 0 radical (unpaired) electrons. The lowest BCUT2D eigenvalue weighted by molar-refractivity contribution is 0.135. The number of nitrogens with zero attached hydrogens (tertiary/aromatic N) is 6. The Kier molecular flexibility index (Phi) is 4.83. The Hall–Kier alpha value is -2.87. The van der Waals surface area contributed by atoms with Crippen molar-refractivity contribution in [2.24, 2.45) is 0 Å². The highest BCUT2D eigenvalue weighted by Gasteiger charge is 2.26. The Labute approximate surface area is 152 Å². The van der Waals surface area contributed by atoms with Crippen molar-refractivity contribution in [3.63, 3.8) is 0 Å². The van der Waals surface area contributed by atoms with Crippen LogP contribution in [0.5, 0.6) is 0 Å². The molecule has 1 fully saturated rings. The topological polar surface area (TPSA) is 95.5 Å². The van der Waals surface area contributed by atoms with Gasteiger partial charge in [-0.1, -0.05) is 6.42 Å². The van der Waals surface area contributed by atoms with Gasteiger partial charge in [0.25, 0.3) is 0 Å². The van der Waals surface area contributed by atoms with E-state index in [0.717, 1.165) is 42.5 Å². The van der Waals surface area contributed by atoms with Crippen LogP contribution in [-0.4, -0.2) is 41.3 Å². The van der Waals surface area contributed by atoms with Crippen molar-refractivity contribution in [3.05, 3.63) is 54.3 Å². The number of likely N-dealkylation sites (tertiary alicyclic amines) is 1. The fraction of sp³-hybridized carbons (Fsp3) is 0.389. The zero-order valence-electron chi connectivity index (χ0n) is 14.8. The molecule has 3 aromatic heterocycles. The van der Waals surface area contributed by atoms with Crippen molar-refractivity contribution in [1.82, 2.24) is 34.8 Å². The summed E-state index contributed by atoms with van der Waals surface area (Å²) < 4.78 is 0. The summed E-state index contributed by atoms with van der Waals surface area (Å²) in [7, 11) is 0. The van der Waals surface area contributed by atoms with Gasteiger partial charge in [0.2, 0.25) is 5.95 Å². The first-order valence-corrected chi connectivity index (χ1v) is 8.89. The first kappa shape index (κ1) is 16.6. The van der Waals surface area contributed by atoms with E-state index in [9.17, 15) is 0 Å². The summed E-state index contributed by atoms with van der Waals surface area (Å²) in [5.41, 5.74) is 2.16. The summed E-state index contributed by atoms with van der Waals surface area (Å²) in [5, 5.41) is 3.18. The van der Waals surface area contributed by atoms with Gasteiger partial charge in [0.05, 0.1) is 18.1 Å². The normalized spacial score (nSPS) is 18.0. The summed E-state index contributed by atoms with van der Waals surface area (Å²) in [6.07, 6.45) is 10.5. The molecule has 134 valence electrons. The Morgan fingerprint density at radius 3 is 2.92 bits per heavy atom. The number of H-pyrrole nitrogens is 1. The second-order valence-electron chi connectivity index (χ2n) is 6.48. The maximum Gasteiger partial charge on any atom is 0.228 e. The predicted molar refractivity (Wildman–Crippen MR) is 97.7 cm³/mol. The van der Waals surface area contributed by atoms with Crippen LogP contribution in [0, 0.1) is 6.92 Å². The molecular weight excluding hydrogens is 328 g/mol. The molecule has 0 saturated carbocycles. The molecule has 4 rings (SSSR count). The number of aromatic nitrogens is 6. The van der Waals surface area contributed by atoms with E-state index < -0.39 is 0 Å². The van der Waals surface area contributed by atoms with E-state index in [-0.39, 0.29) is 6.04 Å². The summed E-state index contributed by atoms with van der Waals surface area (Å²) in [6, 6.07) is 4.07. The van der Waals surface area contributed by atoms with Crippen LogP contribution in [0.3, 0.4) is 0 Å². The van der Waals surface area contributed by atoms with Crippen molar-refractivity contribution < 1.29 is 0 Å². The Bertz CT molecular complexity index is 834. The largest absolute Gasteiger partial charge is 0.347 e. The van der Waals surface area contributed by atoms with Crippen LogP contribution in [0.1, 0.15) is 42.5 Å². The molecule has 1 aliphatic heterocycles. The van der Waals surface area contributed by atoms with Gasteiger partial charge >= 0.3 is 0 Å². The standard InChI is InChI=1S/C18H22N8/c1-13-23-15(9-17(24-13)25-18-20-6-4-7-21-18)16-5-2-3-8-26(16)11-14-10-19-12-22-14/h4,6-7,9-10,12,16H,2-3,5,8,11H2,1H3,(H,19,22)(H,20,21,23,24,25)/t16-/m0/s1. The Balaban J connectivity index is 1.58. The van der Waals surface area contributed by atoms with Crippen molar-refractivity contribution >= 4 is 11.8 Å². The molecule has 8 heteroatoms. The van der Waals surface area contributed by atoms with Gasteiger partial charge in [-0.3, -0.25) is 4.90 Å². The molecular formula is C18H22N8. The fourth-order valence-electron chi connectivity index (χ4n) is 3.41. The average molecular weight is 350 g/mol. The van der Waals surface area contributed by atoms with Gasteiger partial charge in [-0.25, -0.2) is 24.9 Å². The molecule has 26 heavy (non-hydrogen) atoms. The van der Waals surface area contributed by atoms with Crippen LogP contribution in [0.25, 0.3) is 0 Å². The van der Waals surface area contributed by atoms with Gasteiger partial charge in [0.15, 0.2) is 0 Å². The highest BCUT2D eigenvalue weighted by atomic mass is 15.2. The molecule has 0 spiro atoms.